The third kappa shape index (κ3) is 4.22. The molecule has 1 rings (SSSR count). The predicted molar refractivity (Wildman–Crippen MR) is 78.1 cm³/mol. The highest BCUT2D eigenvalue weighted by Crippen LogP contribution is 2.22. The van der Waals surface area contributed by atoms with E-state index in [0.29, 0.717) is 6.04 Å². The quantitative estimate of drug-likeness (QED) is 0.791. The second-order valence-corrected chi connectivity index (χ2v) is 6.54. The smallest absolute Gasteiger partial charge is 0.0634 e. The number of ether oxygens (including phenoxy) is 1. The molecule has 0 aromatic rings. The van der Waals surface area contributed by atoms with Gasteiger partial charge in [0.2, 0.25) is 0 Å². The van der Waals surface area contributed by atoms with Gasteiger partial charge in [-0.2, -0.15) is 0 Å². The summed E-state index contributed by atoms with van der Waals surface area (Å²) < 4.78 is 5.53. The van der Waals surface area contributed by atoms with Crippen molar-refractivity contribution in [1.82, 2.24) is 10.2 Å². The zero-order valence-electron chi connectivity index (χ0n) is 13.2. The first-order chi connectivity index (χ1) is 8.36. The van der Waals surface area contributed by atoms with Gasteiger partial charge in [-0.1, -0.05) is 13.8 Å². The van der Waals surface area contributed by atoms with Crippen molar-refractivity contribution < 1.29 is 4.74 Å². The lowest BCUT2D eigenvalue weighted by molar-refractivity contribution is -0.00547. The van der Waals surface area contributed by atoms with Gasteiger partial charge in [0.15, 0.2) is 0 Å². The Labute approximate surface area is 113 Å². The Bertz CT molecular complexity index is 255. The lowest BCUT2D eigenvalue weighted by Gasteiger charge is -2.46. The van der Waals surface area contributed by atoms with E-state index in [1.165, 1.54) is 12.8 Å². The fraction of sp³-hybridized carbons (Fsp3) is 1.00. The zero-order chi connectivity index (χ0) is 13.8. The van der Waals surface area contributed by atoms with Crippen LogP contribution in [-0.2, 0) is 4.74 Å². The molecule has 0 aromatic carbocycles. The minimum atomic E-state index is -0.00815. The van der Waals surface area contributed by atoms with E-state index in [1.807, 2.05) is 7.11 Å². The average Bonchev–Trinajstić information content (AvgIpc) is 2.37. The highest BCUT2D eigenvalue weighted by atomic mass is 16.5. The van der Waals surface area contributed by atoms with Crippen LogP contribution in [0.4, 0.5) is 0 Å². The van der Waals surface area contributed by atoms with Crippen LogP contribution in [0.1, 0.15) is 53.9 Å². The van der Waals surface area contributed by atoms with E-state index in [0.717, 1.165) is 26.1 Å². The molecule has 0 aliphatic carbocycles. The first kappa shape index (κ1) is 15.9. The second kappa shape index (κ2) is 6.36. The van der Waals surface area contributed by atoms with E-state index in [-0.39, 0.29) is 11.1 Å². The van der Waals surface area contributed by atoms with Crippen LogP contribution in [0.2, 0.25) is 0 Å². The van der Waals surface area contributed by atoms with Crippen LogP contribution in [0, 0.1) is 0 Å². The molecular weight excluding hydrogens is 224 g/mol. The Balaban J connectivity index is 2.58. The Morgan fingerprint density at radius 1 is 1.39 bits per heavy atom. The van der Waals surface area contributed by atoms with E-state index in [1.54, 1.807) is 0 Å². The molecule has 1 heterocycles. The Hall–Kier alpha value is -0.120. The molecule has 1 N–H and O–H groups in total. The number of nitrogens with one attached hydrogen (secondary N) is 1. The molecule has 0 amide bonds. The predicted octanol–water partition coefficient (Wildman–Crippen LogP) is 2.65. The maximum absolute atomic E-state index is 5.53. The summed E-state index contributed by atoms with van der Waals surface area (Å²) in [4.78, 5) is 2.65. The van der Waals surface area contributed by atoms with Crippen LogP contribution in [0.3, 0.4) is 0 Å². The van der Waals surface area contributed by atoms with E-state index < -0.39 is 0 Å². The van der Waals surface area contributed by atoms with Gasteiger partial charge in [-0.05, 0) is 40.0 Å². The van der Waals surface area contributed by atoms with E-state index >= 15 is 0 Å². The van der Waals surface area contributed by atoms with Gasteiger partial charge in [0.05, 0.1) is 5.60 Å². The van der Waals surface area contributed by atoms with E-state index in [9.17, 15) is 0 Å². The average molecular weight is 256 g/mol. The van der Waals surface area contributed by atoms with Gasteiger partial charge in [0.1, 0.15) is 0 Å². The molecule has 0 saturated carbocycles. The van der Waals surface area contributed by atoms with Crippen LogP contribution in [0.5, 0.6) is 0 Å². The van der Waals surface area contributed by atoms with Crippen molar-refractivity contribution in [2.45, 2.75) is 71.1 Å². The molecular formula is C15H32N2O. The maximum Gasteiger partial charge on any atom is 0.0634 e. The molecule has 1 fully saturated rings. The highest BCUT2D eigenvalue weighted by Gasteiger charge is 2.34. The Morgan fingerprint density at radius 3 is 2.56 bits per heavy atom. The molecule has 3 heteroatoms. The summed E-state index contributed by atoms with van der Waals surface area (Å²) in [6.07, 6.45) is 3.51. The molecule has 0 aromatic heterocycles. The monoisotopic (exact) mass is 256 g/mol. The van der Waals surface area contributed by atoms with Crippen molar-refractivity contribution in [1.29, 1.82) is 0 Å². The molecule has 2 atom stereocenters. The Morgan fingerprint density at radius 2 is 2.06 bits per heavy atom. The van der Waals surface area contributed by atoms with Gasteiger partial charge in [0.25, 0.3) is 0 Å². The van der Waals surface area contributed by atoms with Gasteiger partial charge < -0.3 is 10.1 Å². The van der Waals surface area contributed by atoms with Gasteiger partial charge >= 0.3 is 0 Å². The zero-order valence-corrected chi connectivity index (χ0v) is 13.2. The minimum Gasteiger partial charge on any atom is -0.379 e. The fourth-order valence-corrected chi connectivity index (χ4v) is 2.54. The second-order valence-electron chi connectivity index (χ2n) is 6.54. The number of rotatable bonds is 6. The number of hydrogen-bond donors (Lipinski definition) is 1. The van der Waals surface area contributed by atoms with Crippen LogP contribution in [0.25, 0.3) is 0 Å². The summed E-state index contributed by atoms with van der Waals surface area (Å²) in [6, 6.07) is 0.678. The molecule has 3 nitrogen and oxygen atoms in total. The molecule has 0 spiro atoms. The lowest BCUT2D eigenvalue weighted by Crippen LogP contribution is -2.62. The molecule has 108 valence electrons. The first-order valence-electron chi connectivity index (χ1n) is 7.40. The third-order valence-electron chi connectivity index (χ3n) is 4.64. The summed E-state index contributed by atoms with van der Waals surface area (Å²) in [5, 5.41) is 3.71. The topological polar surface area (TPSA) is 24.5 Å². The highest BCUT2D eigenvalue weighted by molar-refractivity contribution is 4.94. The van der Waals surface area contributed by atoms with Crippen molar-refractivity contribution in [2.75, 3.05) is 26.7 Å². The summed E-state index contributed by atoms with van der Waals surface area (Å²) >= 11 is 0. The van der Waals surface area contributed by atoms with Crippen LogP contribution in [-0.4, -0.2) is 48.8 Å². The van der Waals surface area contributed by atoms with Crippen LogP contribution < -0.4 is 5.32 Å². The van der Waals surface area contributed by atoms with Crippen LogP contribution in [0.15, 0.2) is 0 Å². The molecule has 2 unspecified atom stereocenters. The normalized spacial score (nSPS) is 30.7. The molecule has 0 bridgehead atoms. The lowest BCUT2D eigenvalue weighted by atomic mass is 9.92. The third-order valence-corrected chi connectivity index (χ3v) is 4.64. The van der Waals surface area contributed by atoms with Gasteiger partial charge in [-0.25, -0.2) is 0 Å². The largest absolute Gasteiger partial charge is 0.379 e. The minimum absolute atomic E-state index is 0.00815. The standard InChI is InChI=1S/C15H32N2O/c1-7-13-11-16-15(5,8-2)12-17(13)10-9-14(3,4)18-6/h13,16H,7-12H2,1-6H3. The SMILES string of the molecule is CCC1CNC(C)(CC)CN1CCC(C)(C)OC. The van der Waals surface area contributed by atoms with Gasteiger partial charge in [-0.3, -0.25) is 4.90 Å². The number of hydrogen-bond acceptors (Lipinski definition) is 3. The summed E-state index contributed by atoms with van der Waals surface area (Å²) in [5.41, 5.74) is 0.272. The van der Waals surface area contributed by atoms with Crippen molar-refractivity contribution in [3.63, 3.8) is 0 Å². The molecule has 1 saturated heterocycles. The van der Waals surface area contributed by atoms with E-state index in [2.05, 4.69) is 44.8 Å². The van der Waals surface area contributed by atoms with E-state index in [4.69, 9.17) is 4.74 Å². The summed E-state index contributed by atoms with van der Waals surface area (Å²) in [7, 11) is 1.81. The number of methoxy groups -OCH3 is 1. The molecule has 1 aliphatic heterocycles. The van der Waals surface area contributed by atoms with Crippen LogP contribution >= 0.6 is 0 Å². The summed E-state index contributed by atoms with van der Waals surface area (Å²) in [5.74, 6) is 0. The number of piperazine rings is 1. The van der Waals surface area contributed by atoms with Crippen molar-refractivity contribution in [3.05, 3.63) is 0 Å². The fourth-order valence-electron chi connectivity index (χ4n) is 2.54. The van der Waals surface area contributed by atoms with Gasteiger partial charge in [-0.15, -0.1) is 0 Å². The van der Waals surface area contributed by atoms with Gasteiger partial charge in [0, 0.05) is 38.3 Å². The van der Waals surface area contributed by atoms with Crippen molar-refractivity contribution in [3.8, 4) is 0 Å². The molecule has 0 radical (unpaired) electrons. The number of nitrogens with zero attached hydrogens (tertiary/aromatic N) is 1. The Kier molecular flexibility index (Phi) is 5.63. The maximum atomic E-state index is 5.53. The van der Waals surface area contributed by atoms with Crippen molar-refractivity contribution in [2.24, 2.45) is 0 Å². The first-order valence-corrected chi connectivity index (χ1v) is 7.40. The summed E-state index contributed by atoms with van der Waals surface area (Å²) in [6.45, 7) is 14.7. The molecule has 18 heavy (non-hydrogen) atoms. The van der Waals surface area contributed by atoms with Crippen molar-refractivity contribution >= 4 is 0 Å². The molecule has 1 aliphatic rings.